The number of carbonyl (C=O) groups is 1. The summed E-state index contributed by atoms with van der Waals surface area (Å²) in [5.74, 6) is 0.786. The highest BCUT2D eigenvalue weighted by atomic mass is 35.5. The number of amides is 1. The molecule has 0 saturated carbocycles. The molecule has 0 aliphatic carbocycles. The largest absolute Gasteiger partial charge is 0.451 e. The minimum Gasteiger partial charge on any atom is -0.451 e. The van der Waals surface area contributed by atoms with Gasteiger partial charge in [0.05, 0.1) is 26.1 Å². The first-order valence-electron chi connectivity index (χ1n) is 9.60. The fourth-order valence-corrected chi connectivity index (χ4v) is 3.96. The second-order valence-corrected chi connectivity index (χ2v) is 8.21. The van der Waals surface area contributed by atoms with Crippen LogP contribution in [0.2, 0.25) is 15.1 Å². The molecule has 2 aromatic heterocycles. The van der Waals surface area contributed by atoms with E-state index in [2.05, 4.69) is 15.3 Å². The Morgan fingerprint density at radius 2 is 1.72 bits per heavy atom. The fourth-order valence-electron chi connectivity index (χ4n) is 3.36. The van der Waals surface area contributed by atoms with E-state index in [1.54, 1.807) is 48.5 Å². The number of para-hydroxylation sites is 2. The van der Waals surface area contributed by atoms with Gasteiger partial charge in [0.2, 0.25) is 0 Å². The molecule has 5 rings (SSSR count). The number of anilines is 1. The molecule has 3 aromatic carbocycles. The highest BCUT2D eigenvalue weighted by Crippen LogP contribution is 2.35. The van der Waals surface area contributed by atoms with Crippen molar-refractivity contribution in [2.45, 2.75) is 0 Å². The standard InChI is InChI=1S/C24H14Cl3N3O2/c25-16-9-8-13(12-15(16)23-29-18-6-1-2-7-19(18)30-23)28-24(31)21-11-10-20(32-21)14-4-3-5-17(26)22(14)27/h1-12H,(H,28,31)(H,29,30). The Morgan fingerprint density at radius 1 is 0.875 bits per heavy atom. The van der Waals surface area contributed by atoms with Crippen LogP contribution >= 0.6 is 34.8 Å². The van der Waals surface area contributed by atoms with E-state index < -0.39 is 5.91 Å². The molecule has 0 saturated heterocycles. The van der Waals surface area contributed by atoms with Crippen LogP contribution < -0.4 is 5.32 Å². The second-order valence-electron chi connectivity index (χ2n) is 7.02. The maximum Gasteiger partial charge on any atom is 0.291 e. The molecule has 8 heteroatoms. The van der Waals surface area contributed by atoms with Crippen molar-refractivity contribution in [2.24, 2.45) is 0 Å². The predicted molar refractivity (Wildman–Crippen MR) is 129 cm³/mol. The molecule has 0 spiro atoms. The van der Waals surface area contributed by atoms with E-state index in [0.717, 1.165) is 11.0 Å². The van der Waals surface area contributed by atoms with Gasteiger partial charge in [0.15, 0.2) is 5.76 Å². The molecule has 5 nitrogen and oxygen atoms in total. The summed E-state index contributed by atoms with van der Waals surface area (Å²) in [6, 6.07) is 21.3. The Hall–Kier alpha value is -3.25. The number of rotatable bonds is 4. The van der Waals surface area contributed by atoms with E-state index in [-0.39, 0.29) is 5.76 Å². The van der Waals surface area contributed by atoms with Gasteiger partial charge in [0.25, 0.3) is 5.91 Å². The predicted octanol–water partition coefficient (Wildman–Crippen LogP) is 7.70. The summed E-state index contributed by atoms with van der Waals surface area (Å²) in [5.41, 5.74) is 3.56. The van der Waals surface area contributed by atoms with Crippen LogP contribution in [0.1, 0.15) is 10.6 Å². The summed E-state index contributed by atoms with van der Waals surface area (Å²) < 4.78 is 5.72. The van der Waals surface area contributed by atoms with Crippen LogP contribution in [0.25, 0.3) is 33.7 Å². The Kier molecular flexibility index (Phi) is 5.39. The molecule has 32 heavy (non-hydrogen) atoms. The van der Waals surface area contributed by atoms with Crippen molar-refractivity contribution in [3.63, 3.8) is 0 Å². The molecule has 0 bridgehead atoms. The molecule has 0 radical (unpaired) electrons. The minimum atomic E-state index is -0.410. The van der Waals surface area contributed by atoms with E-state index in [0.29, 0.717) is 43.5 Å². The Labute approximate surface area is 197 Å². The van der Waals surface area contributed by atoms with Crippen molar-refractivity contribution in [3.8, 4) is 22.7 Å². The summed E-state index contributed by atoms with van der Waals surface area (Å²) in [5, 5.41) is 4.11. The zero-order chi connectivity index (χ0) is 22.2. The number of H-pyrrole nitrogens is 1. The normalized spacial score (nSPS) is 11.1. The molecule has 158 valence electrons. The summed E-state index contributed by atoms with van der Waals surface area (Å²) in [6.07, 6.45) is 0. The Bertz CT molecular complexity index is 1440. The molecule has 2 N–H and O–H groups in total. The first-order chi connectivity index (χ1) is 15.5. The molecule has 0 unspecified atom stereocenters. The SMILES string of the molecule is O=C(Nc1ccc(Cl)c(-c2nc3ccccc3[nH]2)c1)c1ccc(-c2cccc(Cl)c2Cl)o1. The third kappa shape index (κ3) is 3.86. The van der Waals surface area contributed by atoms with Crippen LogP contribution in [0.5, 0.6) is 0 Å². The highest BCUT2D eigenvalue weighted by molar-refractivity contribution is 6.43. The monoisotopic (exact) mass is 481 g/mol. The average Bonchev–Trinajstić information content (AvgIpc) is 3.44. The van der Waals surface area contributed by atoms with Gasteiger partial charge in [-0.15, -0.1) is 0 Å². The van der Waals surface area contributed by atoms with E-state index in [1.165, 1.54) is 0 Å². The first-order valence-corrected chi connectivity index (χ1v) is 10.7. The third-order valence-electron chi connectivity index (χ3n) is 4.92. The van der Waals surface area contributed by atoms with Crippen LogP contribution in [-0.4, -0.2) is 15.9 Å². The van der Waals surface area contributed by atoms with Gasteiger partial charge >= 0.3 is 0 Å². The van der Waals surface area contributed by atoms with Crippen LogP contribution in [-0.2, 0) is 0 Å². The van der Waals surface area contributed by atoms with Crippen LogP contribution in [0.15, 0.2) is 77.2 Å². The summed E-state index contributed by atoms with van der Waals surface area (Å²) in [4.78, 5) is 20.6. The number of aromatic amines is 1. The zero-order valence-corrected chi connectivity index (χ0v) is 18.6. The molecular weight excluding hydrogens is 469 g/mol. The van der Waals surface area contributed by atoms with Crippen molar-refractivity contribution in [1.82, 2.24) is 9.97 Å². The van der Waals surface area contributed by atoms with E-state index in [9.17, 15) is 4.79 Å². The number of imidazole rings is 1. The number of furan rings is 1. The number of nitrogens with one attached hydrogen (secondary N) is 2. The van der Waals surface area contributed by atoms with Crippen molar-refractivity contribution >= 4 is 57.4 Å². The number of aromatic nitrogens is 2. The molecule has 2 heterocycles. The fraction of sp³-hybridized carbons (Fsp3) is 0. The average molecular weight is 483 g/mol. The van der Waals surface area contributed by atoms with Crippen molar-refractivity contribution < 1.29 is 9.21 Å². The molecular formula is C24H14Cl3N3O2. The van der Waals surface area contributed by atoms with Gasteiger partial charge in [-0.2, -0.15) is 0 Å². The minimum absolute atomic E-state index is 0.135. The van der Waals surface area contributed by atoms with Gasteiger partial charge in [0, 0.05) is 16.8 Å². The van der Waals surface area contributed by atoms with Crippen LogP contribution in [0, 0.1) is 0 Å². The number of halogens is 3. The molecule has 0 fully saturated rings. The number of carbonyl (C=O) groups excluding carboxylic acids is 1. The molecule has 5 aromatic rings. The highest BCUT2D eigenvalue weighted by Gasteiger charge is 2.16. The van der Waals surface area contributed by atoms with Crippen LogP contribution in [0.3, 0.4) is 0 Å². The second kappa shape index (κ2) is 8.36. The molecule has 0 atom stereocenters. The zero-order valence-electron chi connectivity index (χ0n) is 16.3. The van der Waals surface area contributed by atoms with Crippen LogP contribution in [0.4, 0.5) is 5.69 Å². The lowest BCUT2D eigenvalue weighted by atomic mass is 10.2. The molecule has 0 aliphatic heterocycles. The molecule has 0 aliphatic rings. The number of benzene rings is 3. The van der Waals surface area contributed by atoms with Gasteiger partial charge in [-0.3, -0.25) is 4.79 Å². The van der Waals surface area contributed by atoms with Gasteiger partial charge in [0.1, 0.15) is 11.6 Å². The lowest BCUT2D eigenvalue weighted by Gasteiger charge is -2.07. The van der Waals surface area contributed by atoms with Crippen molar-refractivity contribution in [1.29, 1.82) is 0 Å². The van der Waals surface area contributed by atoms with E-state index in [4.69, 9.17) is 39.2 Å². The maximum atomic E-state index is 12.8. The number of nitrogens with zero attached hydrogens (tertiary/aromatic N) is 1. The lowest BCUT2D eigenvalue weighted by Crippen LogP contribution is -2.10. The van der Waals surface area contributed by atoms with Gasteiger partial charge in [-0.05, 0) is 54.6 Å². The quantitative estimate of drug-likeness (QED) is 0.276. The number of hydrogen-bond donors (Lipinski definition) is 2. The maximum absolute atomic E-state index is 12.8. The number of fused-ring (bicyclic) bond motifs is 1. The summed E-state index contributed by atoms with van der Waals surface area (Å²) in [7, 11) is 0. The number of hydrogen-bond acceptors (Lipinski definition) is 3. The summed E-state index contributed by atoms with van der Waals surface area (Å²) >= 11 is 18.7. The Morgan fingerprint density at radius 3 is 2.56 bits per heavy atom. The Balaban J connectivity index is 1.41. The van der Waals surface area contributed by atoms with E-state index in [1.807, 2.05) is 24.3 Å². The van der Waals surface area contributed by atoms with E-state index >= 15 is 0 Å². The van der Waals surface area contributed by atoms with Crippen molar-refractivity contribution in [3.05, 3.63) is 93.6 Å². The molecule has 1 amide bonds. The lowest BCUT2D eigenvalue weighted by molar-refractivity contribution is 0.0997. The van der Waals surface area contributed by atoms with Gasteiger partial charge in [-0.25, -0.2) is 4.98 Å². The smallest absolute Gasteiger partial charge is 0.291 e. The van der Waals surface area contributed by atoms with Gasteiger partial charge in [-0.1, -0.05) is 53.0 Å². The summed E-state index contributed by atoms with van der Waals surface area (Å²) in [6.45, 7) is 0. The third-order valence-corrected chi connectivity index (χ3v) is 6.06. The first kappa shape index (κ1) is 20.6. The van der Waals surface area contributed by atoms with Gasteiger partial charge < -0.3 is 14.7 Å². The van der Waals surface area contributed by atoms with Crippen molar-refractivity contribution in [2.75, 3.05) is 5.32 Å². The topological polar surface area (TPSA) is 70.9 Å².